The van der Waals surface area contributed by atoms with E-state index in [0.717, 1.165) is 17.0 Å². The summed E-state index contributed by atoms with van der Waals surface area (Å²) >= 11 is 0. The molecule has 0 unspecified atom stereocenters. The summed E-state index contributed by atoms with van der Waals surface area (Å²) in [6.45, 7) is 6.55. The maximum atomic E-state index is 9.92. The lowest BCUT2D eigenvalue weighted by atomic mass is 10.1. The van der Waals surface area contributed by atoms with Crippen LogP contribution in [0.25, 0.3) is 11.4 Å². The second-order valence-electron chi connectivity index (χ2n) is 5.46. The first kappa shape index (κ1) is 15.0. The molecule has 0 saturated carbocycles. The van der Waals surface area contributed by atoms with E-state index >= 15 is 0 Å². The molecule has 3 aromatic rings. The third kappa shape index (κ3) is 3.15. The average molecular weight is 309 g/mol. The zero-order chi connectivity index (χ0) is 16.2. The second-order valence-corrected chi connectivity index (χ2v) is 5.46. The van der Waals surface area contributed by atoms with Crippen molar-refractivity contribution >= 4 is 0 Å². The van der Waals surface area contributed by atoms with Crippen LogP contribution in [0.4, 0.5) is 0 Å². The van der Waals surface area contributed by atoms with Crippen LogP contribution in [0.3, 0.4) is 0 Å². The highest BCUT2D eigenvalue weighted by Crippen LogP contribution is 2.27. The molecule has 0 aliphatic rings. The number of rotatable bonds is 6. The molecule has 0 bridgehead atoms. The van der Waals surface area contributed by atoms with Gasteiger partial charge in [-0.2, -0.15) is 5.10 Å². The molecule has 118 valence electrons. The minimum absolute atomic E-state index is 0.172. The standard InChI is InChI=1S/C17H19N5O/c1-3-4-14-9-15(5-6-16(14)23)17-19-7-8-22(17)13(2)10-21-12-18-11-20-21/h3,5-9,11-13,23H,1,4,10H2,2H3/t13-/m1/s1. The summed E-state index contributed by atoms with van der Waals surface area (Å²) in [6.07, 6.45) is 9.37. The number of phenols is 1. The van der Waals surface area contributed by atoms with Gasteiger partial charge >= 0.3 is 0 Å². The molecule has 0 radical (unpaired) electrons. The molecule has 1 aromatic carbocycles. The molecule has 1 atom stereocenters. The molecule has 2 aromatic heterocycles. The Hall–Kier alpha value is -2.89. The maximum Gasteiger partial charge on any atom is 0.140 e. The summed E-state index contributed by atoms with van der Waals surface area (Å²) < 4.78 is 3.90. The Kier molecular flexibility index (Phi) is 4.23. The van der Waals surface area contributed by atoms with Gasteiger partial charge in [0.2, 0.25) is 0 Å². The van der Waals surface area contributed by atoms with Crippen molar-refractivity contribution in [2.75, 3.05) is 0 Å². The molecule has 2 heterocycles. The van der Waals surface area contributed by atoms with Crippen LogP contribution in [0, 0.1) is 0 Å². The lowest BCUT2D eigenvalue weighted by Gasteiger charge is -2.17. The SMILES string of the molecule is C=CCc1cc(-c2nccn2[C@H](C)Cn2cncn2)ccc1O. The molecule has 0 aliphatic heterocycles. The molecule has 23 heavy (non-hydrogen) atoms. The van der Waals surface area contributed by atoms with Gasteiger partial charge in [-0.3, -0.25) is 4.68 Å². The summed E-state index contributed by atoms with van der Waals surface area (Å²) in [5.41, 5.74) is 1.81. The Labute approximate surface area is 134 Å². The number of aromatic nitrogens is 5. The monoisotopic (exact) mass is 309 g/mol. The highest BCUT2D eigenvalue weighted by molar-refractivity contribution is 5.59. The highest BCUT2D eigenvalue weighted by Gasteiger charge is 2.14. The fourth-order valence-corrected chi connectivity index (χ4v) is 2.62. The predicted octanol–water partition coefficient (Wildman–Crippen LogP) is 2.84. The van der Waals surface area contributed by atoms with Gasteiger partial charge in [-0.15, -0.1) is 6.58 Å². The van der Waals surface area contributed by atoms with Crippen molar-refractivity contribution in [2.45, 2.75) is 25.9 Å². The summed E-state index contributed by atoms with van der Waals surface area (Å²) in [6, 6.07) is 5.71. The lowest BCUT2D eigenvalue weighted by Crippen LogP contribution is -2.14. The van der Waals surface area contributed by atoms with Gasteiger partial charge in [0, 0.05) is 18.0 Å². The molecule has 0 fully saturated rings. The fraction of sp³-hybridized carbons (Fsp3) is 0.235. The predicted molar refractivity (Wildman–Crippen MR) is 88.0 cm³/mol. The zero-order valence-corrected chi connectivity index (χ0v) is 13.0. The summed E-state index contributed by atoms with van der Waals surface area (Å²) in [4.78, 5) is 8.45. The van der Waals surface area contributed by atoms with Gasteiger partial charge in [0.05, 0.1) is 12.6 Å². The van der Waals surface area contributed by atoms with E-state index in [1.54, 1.807) is 29.3 Å². The van der Waals surface area contributed by atoms with Crippen molar-refractivity contribution in [3.63, 3.8) is 0 Å². The fourth-order valence-electron chi connectivity index (χ4n) is 2.62. The largest absolute Gasteiger partial charge is 0.508 e. The second kappa shape index (κ2) is 6.48. The van der Waals surface area contributed by atoms with Crippen LogP contribution in [0.2, 0.25) is 0 Å². The molecule has 0 spiro atoms. The normalized spacial score (nSPS) is 12.2. The third-order valence-electron chi connectivity index (χ3n) is 3.76. The summed E-state index contributed by atoms with van der Waals surface area (Å²) in [5, 5.41) is 14.1. The first-order chi connectivity index (χ1) is 11.2. The van der Waals surface area contributed by atoms with E-state index in [1.807, 2.05) is 18.3 Å². The van der Waals surface area contributed by atoms with Gasteiger partial charge < -0.3 is 9.67 Å². The minimum Gasteiger partial charge on any atom is -0.508 e. The lowest BCUT2D eigenvalue weighted by molar-refractivity contribution is 0.439. The van der Waals surface area contributed by atoms with Crippen LogP contribution in [-0.4, -0.2) is 29.4 Å². The van der Waals surface area contributed by atoms with E-state index in [2.05, 4.69) is 33.1 Å². The summed E-state index contributed by atoms with van der Waals surface area (Å²) in [5.74, 6) is 1.14. The van der Waals surface area contributed by atoms with E-state index in [4.69, 9.17) is 0 Å². The first-order valence-electron chi connectivity index (χ1n) is 7.47. The Morgan fingerprint density at radius 2 is 2.26 bits per heavy atom. The number of imidazole rings is 1. The zero-order valence-electron chi connectivity index (χ0n) is 13.0. The van der Waals surface area contributed by atoms with Crippen molar-refractivity contribution in [1.82, 2.24) is 24.3 Å². The Bertz CT molecular complexity index is 791. The number of phenolic OH excluding ortho intramolecular Hbond substituents is 1. The van der Waals surface area contributed by atoms with Gasteiger partial charge in [-0.1, -0.05) is 6.08 Å². The summed E-state index contributed by atoms with van der Waals surface area (Å²) in [7, 11) is 0. The molecule has 0 aliphatic carbocycles. The Morgan fingerprint density at radius 1 is 1.39 bits per heavy atom. The minimum atomic E-state index is 0.172. The number of nitrogens with zero attached hydrogens (tertiary/aromatic N) is 5. The molecule has 3 rings (SSSR count). The van der Waals surface area contributed by atoms with Gasteiger partial charge in [0.1, 0.15) is 24.2 Å². The highest BCUT2D eigenvalue weighted by atomic mass is 16.3. The van der Waals surface area contributed by atoms with Crippen LogP contribution in [0.5, 0.6) is 5.75 Å². The quantitative estimate of drug-likeness (QED) is 0.711. The van der Waals surface area contributed by atoms with Gasteiger partial charge in [0.25, 0.3) is 0 Å². The smallest absolute Gasteiger partial charge is 0.140 e. The maximum absolute atomic E-state index is 9.92. The molecule has 0 saturated heterocycles. The number of hydrogen-bond donors (Lipinski definition) is 1. The van der Waals surface area contributed by atoms with E-state index in [1.165, 1.54) is 6.33 Å². The molecule has 0 amide bonds. The van der Waals surface area contributed by atoms with Gasteiger partial charge in [-0.25, -0.2) is 9.97 Å². The number of hydrogen-bond acceptors (Lipinski definition) is 4. The molecular formula is C17H19N5O. The van der Waals surface area contributed by atoms with E-state index in [-0.39, 0.29) is 11.8 Å². The molecule has 6 nitrogen and oxygen atoms in total. The molecule has 6 heteroatoms. The number of benzene rings is 1. The number of allylic oxidation sites excluding steroid dienone is 1. The molecule has 1 N–H and O–H groups in total. The van der Waals surface area contributed by atoms with Gasteiger partial charge in [0.15, 0.2) is 0 Å². The Morgan fingerprint density at radius 3 is 3.00 bits per heavy atom. The van der Waals surface area contributed by atoms with E-state index < -0.39 is 0 Å². The van der Waals surface area contributed by atoms with Crippen molar-refractivity contribution in [1.29, 1.82) is 0 Å². The third-order valence-corrected chi connectivity index (χ3v) is 3.76. The van der Waals surface area contributed by atoms with Crippen molar-refractivity contribution < 1.29 is 5.11 Å². The Balaban J connectivity index is 1.91. The van der Waals surface area contributed by atoms with Crippen LogP contribution < -0.4 is 0 Å². The first-order valence-corrected chi connectivity index (χ1v) is 7.47. The molecular weight excluding hydrogens is 290 g/mol. The van der Waals surface area contributed by atoms with Crippen molar-refractivity contribution in [3.8, 4) is 17.1 Å². The van der Waals surface area contributed by atoms with Crippen LogP contribution in [0.15, 0.2) is 55.9 Å². The van der Waals surface area contributed by atoms with Crippen LogP contribution in [-0.2, 0) is 13.0 Å². The van der Waals surface area contributed by atoms with Crippen LogP contribution in [0.1, 0.15) is 18.5 Å². The van der Waals surface area contributed by atoms with Crippen LogP contribution >= 0.6 is 0 Å². The van der Waals surface area contributed by atoms with Gasteiger partial charge in [-0.05, 0) is 37.1 Å². The number of aromatic hydroxyl groups is 1. The van der Waals surface area contributed by atoms with Crippen molar-refractivity contribution in [2.24, 2.45) is 0 Å². The topological polar surface area (TPSA) is 68.8 Å². The van der Waals surface area contributed by atoms with Crippen molar-refractivity contribution in [3.05, 3.63) is 61.5 Å². The average Bonchev–Trinajstić information content (AvgIpc) is 3.20. The van der Waals surface area contributed by atoms with E-state index in [0.29, 0.717) is 13.0 Å². The van der Waals surface area contributed by atoms with E-state index in [9.17, 15) is 5.11 Å².